The molecule has 3 fully saturated rings. The van der Waals surface area contributed by atoms with E-state index in [2.05, 4.69) is 44.1 Å². The first-order chi connectivity index (χ1) is 16.4. The summed E-state index contributed by atoms with van der Waals surface area (Å²) in [4.78, 5) is 16.0. The number of benzene rings is 1. The molecule has 0 unspecified atom stereocenters. The quantitative estimate of drug-likeness (QED) is 0.568. The molecule has 0 radical (unpaired) electrons. The summed E-state index contributed by atoms with van der Waals surface area (Å²) < 4.78 is 20.1. The largest absolute Gasteiger partial charge is 0.394 e. The van der Waals surface area contributed by atoms with E-state index in [1.807, 2.05) is 18.4 Å². The number of fused-ring (bicyclic) bond motifs is 4. The molecule has 0 saturated carbocycles. The lowest BCUT2D eigenvalue weighted by Crippen LogP contribution is -2.58. The Hall–Kier alpha value is -2.30. The molecule has 9 nitrogen and oxygen atoms in total. The van der Waals surface area contributed by atoms with Crippen LogP contribution in [0.25, 0.3) is 11.2 Å². The Bertz CT molecular complexity index is 1290. The fourth-order valence-electron chi connectivity index (χ4n) is 6.24. The number of ether oxygens (including phenoxy) is 3. The van der Waals surface area contributed by atoms with Crippen LogP contribution in [-0.2, 0) is 26.0 Å². The van der Waals surface area contributed by atoms with Crippen LogP contribution in [0.2, 0.25) is 5.28 Å². The van der Waals surface area contributed by atoms with Gasteiger partial charge in [-0.15, -0.1) is 0 Å². The Kier molecular flexibility index (Phi) is 4.40. The molecule has 1 N–H and O–H groups in total. The smallest absolute Gasteiger partial charge is 0.226 e. The SMILES string of the molecule is CC1(C)O[C@@H]2[C@H](O1)[C@@H](CO)O[C@H]2n1cnc2c(N3CC4(CCc5ccccc54)C3)nc(Cl)nc21. The van der Waals surface area contributed by atoms with Gasteiger partial charge in [0.05, 0.1) is 12.9 Å². The zero-order valence-electron chi connectivity index (χ0n) is 19.0. The van der Waals surface area contributed by atoms with Gasteiger partial charge in [0.25, 0.3) is 0 Å². The van der Waals surface area contributed by atoms with Crippen molar-refractivity contribution >= 4 is 28.6 Å². The van der Waals surface area contributed by atoms with Gasteiger partial charge >= 0.3 is 0 Å². The van der Waals surface area contributed by atoms with Crippen molar-refractivity contribution in [2.75, 3.05) is 24.6 Å². The Morgan fingerprint density at radius 2 is 1.94 bits per heavy atom. The summed E-state index contributed by atoms with van der Waals surface area (Å²) in [6.45, 7) is 5.31. The highest BCUT2D eigenvalue weighted by atomic mass is 35.5. The first-order valence-corrected chi connectivity index (χ1v) is 12.1. The number of anilines is 1. The van der Waals surface area contributed by atoms with Crippen molar-refractivity contribution in [1.29, 1.82) is 0 Å². The van der Waals surface area contributed by atoms with Gasteiger partial charge in [-0.25, -0.2) is 4.98 Å². The monoisotopic (exact) mass is 483 g/mol. The Morgan fingerprint density at radius 3 is 2.76 bits per heavy atom. The molecular formula is C24H26ClN5O4. The molecule has 4 aliphatic rings. The predicted octanol–water partition coefficient (Wildman–Crippen LogP) is 2.59. The molecule has 178 valence electrons. The van der Waals surface area contributed by atoms with E-state index in [0.29, 0.717) is 11.2 Å². The highest BCUT2D eigenvalue weighted by molar-refractivity contribution is 6.28. The van der Waals surface area contributed by atoms with E-state index >= 15 is 0 Å². The molecule has 5 heterocycles. The van der Waals surface area contributed by atoms with Gasteiger partial charge in [-0.3, -0.25) is 4.57 Å². The van der Waals surface area contributed by atoms with Gasteiger partial charge in [-0.05, 0) is 49.4 Å². The summed E-state index contributed by atoms with van der Waals surface area (Å²) in [5, 5.41) is 10.0. The number of aliphatic hydroxyl groups is 1. The molecule has 4 atom stereocenters. The van der Waals surface area contributed by atoms with Crippen LogP contribution in [0.1, 0.15) is 37.6 Å². The summed E-state index contributed by atoms with van der Waals surface area (Å²) in [5.41, 5.74) is 4.33. The van der Waals surface area contributed by atoms with E-state index in [-0.39, 0.29) is 23.4 Å². The van der Waals surface area contributed by atoms with Crippen LogP contribution in [0.4, 0.5) is 5.82 Å². The lowest BCUT2D eigenvalue weighted by molar-refractivity contribution is -0.199. The molecule has 1 spiro atoms. The van der Waals surface area contributed by atoms with Crippen molar-refractivity contribution in [3.8, 4) is 0 Å². The van der Waals surface area contributed by atoms with Gasteiger partial charge in [0.1, 0.15) is 18.3 Å². The zero-order valence-corrected chi connectivity index (χ0v) is 19.8. The number of halogens is 1. The number of imidazole rings is 1. The number of aliphatic hydroxyl groups excluding tert-OH is 1. The van der Waals surface area contributed by atoms with Crippen molar-refractivity contribution in [3.05, 3.63) is 47.0 Å². The highest BCUT2D eigenvalue weighted by Crippen LogP contribution is 2.48. The average molecular weight is 484 g/mol. The number of hydrogen-bond donors (Lipinski definition) is 1. The van der Waals surface area contributed by atoms with Crippen molar-refractivity contribution in [1.82, 2.24) is 19.5 Å². The molecule has 34 heavy (non-hydrogen) atoms. The van der Waals surface area contributed by atoms with Crippen LogP contribution in [0.15, 0.2) is 30.6 Å². The molecule has 3 aliphatic heterocycles. The van der Waals surface area contributed by atoms with Crippen LogP contribution in [0.5, 0.6) is 0 Å². The lowest BCUT2D eigenvalue weighted by Gasteiger charge is -2.49. The van der Waals surface area contributed by atoms with Crippen LogP contribution in [0, 0.1) is 0 Å². The summed E-state index contributed by atoms with van der Waals surface area (Å²) in [7, 11) is 0. The maximum atomic E-state index is 9.84. The minimum absolute atomic E-state index is 0.161. The third-order valence-corrected chi connectivity index (χ3v) is 7.87. The van der Waals surface area contributed by atoms with Gasteiger partial charge in [0.15, 0.2) is 29.0 Å². The summed E-state index contributed by atoms with van der Waals surface area (Å²) >= 11 is 6.40. The van der Waals surface area contributed by atoms with Gasteiger partial charge < -0.3 is 24.2 Å². The van der Waals surface area contributed by atoms with Crippen LogP contribution in [-0.4, -0.2) is 68.4 Å². The van der Waals surface area contributed by atoms with Crippen molar-refractivity contribution < 1.29 is 19.3 Å². The van der Waals surface area contributed by atoms with Gasteiger partial charge in [0, 0.05) is 18.5 Å². The van der Waals surface area contributed by atoms with Gasteiger partial charge in [-0.1, -0.05) is 24.3 Å². The summed E-state index contributed by atoms with van der Waals surface area (Å²) in [6, 6.07) is 8.73. The topological polar surface area (TPSA) is 94.8 Å². The Balaban J connectivity index is 1.23. The molecular weight excluding hydrogens is 458 g/mol. The second-order valence-corrected chi connectivity index (χ2v) is 10.6. The van der Waals surface area contributed by atoms with E-state index in [9.17, 15) is 5.11 Å². The third-order valence-electron chi connectivity index (χ3n) is 7.70. The van der Waals surface area contributed by atoms with E-state index in [1.165, 1.54) is 11.1 Å². The van der Waals surface area contributed by atoms with Crippen molar-refractivity contribution in [2.45, 2.75) is 62.4 Å². The maximum Gasteiger partial charge on any atom is 0.226 e. The number of aromatic nitrogens is 4. The second kappa shape index (κ2) is 7.11. The molecule has 3 aromatic rings. The van der Waals surface area contributed by atoms with Gasteiger partial charge in [0.2, 0.25) is 5.28 Å². The van der Waals surface area contributed by atoms with E-state index < -0.39 is 24.2 Å². The number of hydrogen-bond acceptors (Lipinski definition) is 8. The number of rotatable bonds is 3. The first kappa shape index (κ1) is 21.0. The summed E-state index contributed by atoms with van der Waals surface area (Å²) in [6.07, 6.45) is 2.13. The first-order valence-electron chi connectivity index (χ1n) is 11.7. The molecule has 1 aromatic carbocycles. The molecule has 1 aliphatic carbocycles. The minimum atomic E-state index is -0.761. The fraction of sp³-hybridized carbons (Fsp3) is 0.542. The molecule has 0 bridgehead atoms. The third kappa shape index (κ3) is 2.91. The number of aryl methyl sites for hydroxylation is 1. The Labute approximate surface area is 201 Å². The summed E-state index contributed by atoms with van der Waals surface area (Å²) in [5.74, 6) is -0.0245. The molecule has 2 aromatic heterocycles. The minimum Gasteiger partial charge on any atom is -0.394 e. The standard InChI is InChI=1S/C24H26ClN5O4/c1-23(2)33-17-15(9-31)32-21(18(17)34-23)30-12-26-16-19(27-22(25)28-20(16)30)29-10-24(11-29)8-7-13-5-3-4-6-14(13)24/h3-6,12,15,17-18,21,31H,7-11H2,1-2H3/t15-,17-,18-,21-/m1/s1. The maximum absolute atomic E-state index is 9.84. The van der Waals surface area contributed by atoms with Crippen LogP contribution in [0.3, 0.4) is 0 Å². The van der Waals surface area contributed by atoms with E-state index in [0.717, 1.165) is 31.7 Å². The van der Waals surface area contributed by atoms with Crippen molar-refractivity contribution in [3.63, 3.8) is 0 Å². The lowest BCUT2D eigenvalue weighted by atomic mass is 9.75. The molecule has 7 rings (SSSR count). The fourth-order valence-corrected chi connectivity index (χ4v) is 6.40. The van der Waals surface area contributed by atoms with E-state index in [4.69, 9.17) is 25.8 Å². The number of nitrogens with zero attached hydrogens (tertiary/aromatic N) is 5. The predicted molar refractivity (Wildman–Crippen MR) is 124 cm³/mol. The van der Waals surface area contributed by atoms with Crippen LogP contribution < -0.4 is 4.90 Å². The van der Waals surface area contributed by atoms with Crippen LogP contribution >= 0.6 is 11.6 Å². The molecule has 0 amide bonds. The van der Waals surface area contributed by atoms with Gasteiger partial charge in [-0.2, -0.15) is 9.97 Å². The highest BCUT2D eigenvalue weighted by Gasteiger charge is 2.56. The molecule has 3 saturated heterocycles. The second-order valence-electron chi connectivity index (χ2n) is 10.2. The molecule has 10 heteroatoms. The van der Waals surface area contributed by atoms with E-state index in [1.54, 1.807) is 6.33 Å². The average Bonchev–Trinajstić information content (AvgIpc) is 3.52. The normalized spacial score (nSPS) is 30.6. The zero-order chi connectivity index (χ0) is 23.2. The van der Waals surface area contributed by atoms with Crippen molar-refractivity contribution in [2.24, 2.45) is 0 Å². The Morgan fingerprint density at radius 1 is 1.15 bits per heavy atom.